The first-order chi connectivity index (χ1) is 18.7. The second-order valence-corrected chi connectivity index (χ2v) is 10.5. The highest BCUT2D eigenvalue weighted by Crippen LogP contribution is 2.31. The van der Waals surface area contributed by atoms with Gasteiger partial charge >= 0.3 is 5.97 Å². The maximum absolute atomic E-state index is 12.9. The van der Waals surface area contributed by atoms with E-state index in [0.717, 1.165) is 16.2 Å². The number of carbonyl (C=O) groups is 2. The Morgan fingerprint density at radius 2 is 1.72 bits per heavy atom. The number of amides is 1. The minimum absolute atomic E-state index is 0.196. The van der Waals surface area contributed by atoms with Gasteiger partial charge < -0.3 is 20.1 Å². The lowest BCUT2D eigenvalue weighted by Gasteiger charge is -2.22. The number of sulfonamides is 1. The van der Waals surface area contributed by atoms with Crippen LogP contribution in [0, 0.1) is 0 Å². The molecule has 3 aromatic carbocycles. The van der Waals surface area contributed by atoms with E-state index < -0.39 is 22.7 Å². The van der Waals surface area contributed by atoms with E-state index in [1.54, 1.807) is 81.0 Å². The van der Waals surface area contributed by atoms with Gasteiger partial charge in [0, 0.05) is 35.4 Å². The molecule has 0 aliphatic carbocycles. The molecule has 0 radical (unpaired) electrons. The van der Waals surface area contributed by atoms with Gasteiger partial charge in [-0.05, 0) is 54.6 Å². The van der Waals surface area contributed by atoms with Gasteiger partial charge in [-0.15, -0.1) is 0 Å². The molecular weight excluding hydrogens is 520 g/mol. The Morgan fingerprint density at radius 1 is 1.00 bits per heavy atom. The Kier molecular flexibility index (Phi) is 8.30. The summed E-state index contributed by atoms with van der Waals surface area (Å²) in [6, 6.07) is 20.7. The van der Waals surface area contributed by atoms with Gasteiger partial charge in [-0.25, -0.2) is 12.7 Å². The molecule has 0 fully saturated rings. The Balaban J connectivity index is 1.65. The normalized spacial score (nSPS) is 11.1. The van der Waals surface area contributed by atoms with Gasteiger partial charge in [-0.1, -0.05) is 18.2 Å². The van der Waals surface area contributed by atoms with Gasteiger partial charge in [-0.3, -0.25) is 14.6 Å². The lowest BCUT2D eigenvalue weighted by Crippen LogP contribution is -2.33. The van der Waals surface area contributed by atoms with E-state index in [4.69, 9.17) is 9.47 Å². The van der Waals surface area contributed by atoms with Crippen molar-refractivity contribution in [2.45, 2.75) is 6.42 Å². The topological polar surface area (TPSA) is 127 Å². The van der Waals surface area contributed by atoms with Crippen LogP contribution in [0.3, 0.4) is 0 Å². The average Bonchev–Trinajstić information content (AvgIpc) is 2.94. The number of nitrogens with zero attached hydrogens (tertiary/aromatic N) is 2. The molecule has 202 valence electrons. The standard InChI is InChI=1S/C28H28N4O6S/c1-29-28(34)19-9-14-25-24(15-19)27(31-21-10-12-23(37-2)13-11-21)20(17-30-25)16-26(33)38-18-32(39(3,35)36)22-7-5-4-6-8-22/h4-15,17H,16,18H2,1-3H3,(H,29,34)(H,30,31). The number of hydrogen-bond donors (Lipinski definition) is 2. The molecule has 0 atom stereocenters. The van der Waals surface area contributed by atoms with Crippen molar-refractivity contribution >= 4 is 49.9 Å². The Bertz CT molecular complexity index is 1590. The second kappa shape index (κ2) is 11.8. The summed E-state index contributed by atoms with van der Waals surface area (Å²) < 4.78 is 36.3. The van der Waals surface area contributed by atoms with Crippen LogP contribution in [-0.2, 0) is 26.0 Å². The van der Waals surface area contributed by atoms with E-state index in [0.29, 0.717) is 39.2 Å². The van der Waals surface area contributed by atoms with Crippen LogP contribution in [0.1, 0.15) is 15.9 Å². The van der Waals surface area contributed by atoms with E-state index >= 15 is 0 Å². The summed E-state index contributed by atoms with van der Waals surface area (Å²) in [4.78, 5) is 29.7. The Hall–Kier alpha value is -4.64. The molecule has 0 unspecified atom stereocenters. The number of methoxy groups -OCH3 is 1. The van der Waals surface area contributed by atoms with Crippen LogP contribution in [0.4, 0.5) is 17.1 Å². The SMILES string of the molecule is CNC(=O)c1ccc2ncc(CC(=O)OCN(c3ccccc3)S(C)(=O)=O)c(Nc3ccc(OC)cc3)c2c1. The predicted octanol–water partition coefficient (Wildman–Crippen LogP) is 3.86. The van der Waals surface area contributed by atoms with E-state index in [2.05, 4.69) is 15.6 Å². The number of nitrogens with one attached hydrogen (secondary N) is 2. The smallest absolute Gasteiger partial charge is 0.312 e. The molecule has 4 rings (SSSR count). The number of anilines is 3. The molecule has 0 saturated carbocycles. The molecule has 0 bridgehead atoms. The summed E-state index contributed by atoms with van der Waals surface area (Å²) in [6.07, 6.45) is 2.40. The van der Waals surface area contributed by atoms with E-state index in [-0.39, 0.29) is 12.3 Å². The number of hydrogen-bond acceptors (Lipinski definition) is 8. The summed E-state index contributed by atoms with van der Waals surface area (Å²) in [7, 11) is -0.583. The molecule has 1 amide bonds. The van der Waals surface area contributed by atoms with Crippen LogP contribution in [-0.4, -0.2) is 52.4 Å². The predicted molar refractivity (Wildman–Crippen MR) is 150 cm³/mol. The first-order valence-electron chi connectivity index (χ1n) is 11.9. The van der Waals surface area contributed by atoms with Gasteiger partial charge in [0.25, 0.3) is 5.91 Å². The highest BCUT2D eigenvalue weighted by atomic mass is 32.2. The number of benzene rings is 3. The third-order valence-corrected chi connectivity index (χ3v) is 7.03. The lowest BCUT2D eigenvalue weighted by atomic mass is 10.0. The highest BCUT2D eigenvalue weighted by molar-refractivity contribution is 7.92. The second-order valence-electron chi connectivity index (χ2n) is 8.59. The number of pyridine rings is 1. The van der Waals surface area contributed by atoms with E-state index in [1.807, 2.05) is 12.1 Å². The van der Waals surface area contributed by atoms with Crippen molar-refractivity contribution in [1.29, 1.82) is 0 Å². The number of aromatic nitrogens is 1. The summed E-state index contributed by atoms with van der Waals surface area (Å²) >= 11 is 0. The number of rotatable bonds is 10. The Labute approximate surface area is 226 Å². The number of esters is 1. The lowest BCUT2D eigenvalue weighted by molar-refractivity contribution is -0.142. The first kappa shape index (κ1) is 27.4. The zero-order chi connectivity index (χ0) is 28.0. The molecule has 0 aliphatic heterocycles. The quantitative estimate of drug-likeness (QED) is 0.226. The molecular formula is C28H28N4O6S. The van der Waals surface area contributed by atoms with Crippen molar-refractivity contribution in [1.82, 2.24) is 10.3 Å². The minimum atomic E-state index is -3.70. The van der Waals surface area contributed by atoms with E-state index in [9.17, 15) is 18.0 Å². The third-order valence-electron chi connectivity index (χ3n) is 5.92. The van der Waals surface area contributed by atoms with Crippen LogP contribution >= 0.6 is 0 Å². The van der Waals surface area contributed by atoms with Crippen molar-refractivity contribution in [3.05, 3.63) is 90.1 Å². The molecule has 1 aromatic heterocycles. The monoisotopic (exact) mass is 548 g/mol. The highest BCUT2D eigenvalue weighted by Gasteiger charge is 2.21. The van der Waals surface area contributed by atoms with Crippen molar-refractivity contribution in [2.75, 3.05) is 36.8 Å². The largest absolute Gasteiger partial charge is 0.497 e. The number of para-hydroxylation sites is 1. The van der Waals surface area contributed by atoms with Crippen molar-refractivity contribution < 1.29 is 27.5 Å². The van der Waals surface area contributed by atoms with Crippen molar-refractivity contribution in [3.63, 3.8) is 0 Å². The average molecular weight is 549 g/mol. The van der Waals surface area contributed by atoms with Crippen LogP contribution in [0.5, 0.6) is 5.75 Å². The van der Waals surface area contributed by atoms with Crippen LogP contribution < -0.4 is 19.7 Å². The van der Waals surface area contributed by atoms with E-state index in [1.165, 1.54) is 0 Å². The maximum Gasteiger partial charge on any atom is 0.312 e. The summed E-state index contributed by atoms with van der Waals surface area (Å²) in [5, 5.41) is 6.56. The summed E-state index contributed by atoms with van der Waals surface area (Å²) in [5.74, 6) is -0.237. The molecule has 2 N–H and O–H groups in total. The van der Waals surface area contributed by atoms with Crippen molar-refractivity contribution in [3.8, 4) is 5.75 Å². The summed E-state index contributed by atoms with van der Waals surface area (Å²) in [5.41, 5.74) is 3.21. The van der Waals surface area contributed by atoms with Crippen LogP contribution in [0.15, 0.2) is 79.0 Å². The third kappa shape index (κ3) is 6.63. The molecule has 0 spiro atoms. The van der Waals surface area contributed by atoms with Gasteiger partial charge in [0.15, 0.2) is 6.73 Å². The molecule has 39 heavy (non-hydrogen) atoms. The fourth-order valence-corrected chi connectivity index (χ4v) is 4.66. The zero-order valence-electron chi connectivity index (χ0n) is 21.7. The van der Waals surface area contributed by atoms with Crippen LogP contribution in [0.25, 0.3) is 10.9 Å². The zero-order valence-corrected chi connectivity index (χ0v) is 22.5. The fraction of sp³-hybridized carbons (Fsp3) is 0.179. The molecule has 0 aliphatic rings. The van der Waals surface area contributed by atoms with Gasteiger partial charge in [0.2, 0.25) is 10.0 Å². The molecule has 1 heterocycles. The molecule has 10 nitrogen and oxygen atoms in total. The molecule has 0 saturated heterocycles. The van der Waals surface area contributed by atoms with Gasteiger partial charge in [-0.2, -0.15) is 0 Å². The maximum atomic E-state index is 12.9. The number of fused-ring (bicyclic) bond motifs is 1. The summed E-state index contributed by atoms with van der Waals surface area (Å²) in [6.45, 7) is -0.481. The molecule has 11 heteroatoms. The van der Waals surface area contributed by atoms with Crippen LogP contribution in [0.2, 0.25) is 0 Å². The first-order valence-corrected chi connectivity index (χ1v) is 13.8. The number of ether oxygens (including phenoxy) is 2. The van der Waals surface area contributed by atoms with Gasteiger partial charge in [0.1, 0.15) is 5.75 Å². The molecule has 4 aromatic rings. The number of carbonyl (C=O) groups excluding carboxylic acids is 2. The Morgan fingerprint density at radius 3 is 2.36 bits per heavy atom. The van der Waals surface area contributed by atoms with Crippen molar-refractivity contribution in [2.24, 2.45) is 0 Å². The minimum Gasteiger partial charge on any atom is -0.497 e. The fourth-order valence-electron chi connectivity index (χ4n) is 3.91. The van der Waals surface area contributed by atoms with Gasteiger partial charge in [0.05, 0.1) is 36.7 Å².